The fourth-order valence-electron chi connectivity index (χ4n) is 1.77. The quantitative estimate of drug-likeness (QED) is 0.520. The fraction of sp³-hybridized carbons (Fsp3) is 0.412. The Kier molecular flexibility index (Phi) is 7.29. The van der Waals surface area contributed by atoms with Gasteiger partial charge in [-0.2, -0.15) is 0 Å². The highest BCUT2D eigenvalue weighted by atomic mass is 14.2. The van der Waals surface area contributed by atoms with Crippen molar-refractivity contribution in [3.63, 3.8) is 0 Å². The van der Waals surface area contributed by atoms with Crippen molar-refractivity contribution in [1.29, 1.82) is 0 Å². The highest BCUT2D eigenvalue weighted by Gasteiger charge is 2.11. The lowest BCUT2D eigenvalue weighted by molar-refractivity contribution is 0.662. The van der Waals surface area contributed by atoms with Crippen LogP contribution in [0.1, 0.15) is 41.0 Å². The van der Waals surface area contributed by atoms with E-state index in [4.69, 9.17) is 0 Å². The summed E-state index contributed by atoms with van der Waals surface area (Å²) in [6, 6.07) is 0. The van der Waals surface area contributed by atoms with E-state index in [1.165, 1.54) is 16.7 Å². The second-order valence-corrected chi connectivity index (χ2v) is 4.43. The van der Waals surface area contributed by atoms with E-state index < -0.39 is 0 Å². The van der Waals surface area contributed by atoms with Gasteiger partial charge in [-0.25, -0.2) is 0 Å². The summed E-state index contributed by atoms with van der Waals surface area (Å²) in [6.07, 6.45) is 9.17. The van der Waals surface area contributed by atoms with Crippen LogP contribution in [0.3, 0.4) is 0 Å². The van der Waals surface area contributed by atoms with Gasteiger partial charge in [0.2, 0.25) is 0 Å². The molecular weight excluding hydrogens is 204 g/mol. The van der Waals surface area contributed by atoms with E-state index >= 15 is 0 Å². The predicted octanol–water partition coefficient (Wildman–Crippen LogP) is 5.61. The molecule has 0 spiro atoms. The molecule has 0 aliphatic carbocycles. The Morgan fingerprint density at radius 1 is 1.29 bits per heavy atom. The summed E-state index contributed by atoms with van der Waals surface area (Å²) in [4.78, 5) is 0. The van der Waals surface area contributed by atoms with Crippen molar-refractivity contribution in [3.05, 3.63) is 59.8 Å². The maximum absolute atomic E-state index is 4.24. The molecule has 1 unspecified atom stereocenters. The van der Waals surface area contributed by atoms with Gasteiger partial charge in [-0.3, -0.25) is 0 Å². The SMILES string of the molecule is C=C/C=C\C(C)=C(/C)C(=C)/C(=C\C)C(C)CC. The number of allylic oxidation sites excluding steroid dienone is 8. The molecule has 0 aromatic heterocycles. The Bertz CT molecular complexity index is 361. The minimum absolute atomic E-state index is 0.568. The molecular formula is C17H26. The first-order chi connectivity index (χ1) is 7.99. The minimum atomic E-state index is 0.568. The van der Waals surface area contributed by atoms with Crippen molar-refractivity contribution in [2.24, 2.45) is 5.92 Å². The second kappa shape index (κ2) is 7.89. The fourth-order valence-corrected chi connectivity index (χ4v) is 1.77. The highest BCUT2D eigenvalue weighted by Crippen LogP contribution is 2.28. The van der Waals surface area contributed by atoms with Crippen LogP contribution >= 0.6 is 0 Å². The van der Waals surface area contributed by atoms with E-state index in [1.54, 1.807) is 6.08 Å². The van der Waals surface area contributed by atoms with E-state index in [0.717, 1.165) is 12.0 Å². The lowest BCUT2D eigenvalue weighted by Crippen LogP contribution is -2.02. The summed E-state index contributed by atoms with van der Waals surface area (Å²) in [5.74, 6) is 0.568. The topological polar surface area (TPSA) is 0 Å². The summed E-state index contributed by atoms with van der Waals surface area (Å²) >= 11 is 0. The molecule has 0 amide bonds. The Hall–Kier alpha value is -1.30. The Balaban J connectivity index is 5.16. The summed E-state index contributed by atoms with van der Waals surface area (Å²) < 4.78 is 0. The third-order valence-corrected chi connectivity index (χ3v) is 3.33. The van der Waals surface area contributed by atoms with Gasteiger partial charge in [0.25, 0.3) is 0 Å². The van der Waals surface area contributed by atoms with Gasteiger partial charge in [-0.15, -0.1) is 0 Å². The third kappa shape index (κ3) is 4.60. The lowest BCUT2D eigenvalue weighted by Gasteiger charge is -2.18. The minimum Gasteiger partial charge on any atom is -0.0991 e. The molecule has 0 heteroatoms. The normalized spacial score (nSPS) is 15.7. The molecule has 0 aliphatic rings. The largest absolute Gasteiger partial charge is 0.0991 e. The first kappa shape index (κ1) is 15.7. The molecule has 0 heterocycles. The van der Waals surface area contributed by atoms with Gasteiger partial charge >= 0.3 is 0 Å². The van der Waals surface area contributed by atoms with Crippen molar-refractivity contribution < 1.29 is 0 Å². The van der Waals surface area contributed by atoms with E-state index in [1.807, 2.05) is 6.08 Å². The molecule has 94 valence electrons. The number of hydrogen-bond acceptors (Lipinski definition) is 0. The molecule has 0 aromatic rings. The van der Waals surface area contributed by atoms with Gasteiger partial charge in [-0.1, -0.05) is 51.3 Å². The maximum Gasteiger partial charge on any atom is -0.0190 e. The van der Waals surface area contributed by atoms with Crippen molar-refractivity contribution in [2.45, 2.75) is 41.0 Å². The van der Waals surface area contributed by atoms with Gasteiger partial charge in [0.1, 0.15) is 0 Å². The van der Waals surface area contributed by atoms with Gasteiger partial charge in [0, 0.05) is 0 Å². The average Bonchev–Trinajstić information content (AvgIpc) is 2.35. The molecule has 0 radical (unpaired) electrons. The van der Waals surface area contributed by atoms with Crippen LogP contribution in [0.15, 0.2) is 59.8 Å². The molecule has 0 rings (SSSR count). The summed E-state index contributed by atoms with van der Waals surface area (Å²) in [5, 5.41) is 0. The van der Waals surface area contributed by atoms with Crippen LogP contribution in [-0.4, -0.2) is 0 Å². The highest BCUT2D eigenvalue weighted by molar-refractivity contribution is 5.48. The van der Waals surface area contributed by atoms with Crippen molar-refractivity contribution in [3.8, 4) is 0 Å². The first-order valence-corrected chi connectivity index (χ1v) is 6.31. The zero-order valence-corrected chi connectivity index (χ0v) is 12.0. The summed E-state index contributed by atoms with van der Waals surface area (Å²) in [6.45, 7) is 18.7. The molecule has 0 bridgehead atoms. The van der Waals surface area contributed by atoms with Crippen molar-refractivity contribution in [2.75, 3.05) is 0 Å². The van der Waals surface area contributed by atoms with Gasteiger partial charge in [-0.05, 0) is 55.4 Å². The Labute approximate surface area is 107 Å². The maximum atomic E-state index is 4.24. The molecule has 0 aliphatic heterocycles. The van der Waals surface area contributed by atoms with Crippen LogP contribution < -0.4 is 0 Å². The Morgan fingerprint density at radius 3 is 2.29 bits per heavy atom. The first-order valence-electron chi connectivity index (χ1n) is 6.31. The molecule has 0 N–H and O–H groups in total. The molecule has 17 heavy (non-hydrogen) atoms. The number of rotatable bonds is 6. The molecule has 0 fully saturated rings. The Morgan fingerprint density at radius 2 is 1.88 bits per heavy atom. The van der Waals surface area contributed by atoms with Crippen LogP contribution in [0.4, 0.5) is 0 Å². The van der Waals surface area contributed by atoms with Gasteiger partial charge in [0.15, 0.2) is 0 Å². The molecule has 0 nitrogen and oxygen atoms in total. The van der Waals surface area contributed by atoms with Crippen LogP contribution in [0.2, 0.25) is 0 Å². The van der Waals surface area contributed by atoms with Gasteiger partial charge < -0.3 is 0 Å². The van der Waals surface area contributed by atoms with Crippen LogP contribution in [0.25, 0.3) is 0 Å². The zero-order chi connectivity index (χ0) is 13.4. The van der Waals surface area contributed by atoms with E-state index in [2.05, 4.69) is 59.9 Å². The molecule has 0 saturated carbocycles. The third-order valence-electron chi connectivity index (χ3n) is 3.33. The molecule has 0 saturated heterocycles. The summed E-state index contributed by atoms with van der Waals surface area (Å²) in [7, 11) is 0. The van der Waals surface area contributed by atoms with E-state index in [0.29, 0.717) is 5.92 Å². The second-order valence-electron chi connectivity index (χ2n) is 4.43. The number of hydrogen-bond donors (Lipinski definition) is 0. The zero-order valence-electron chi connectivity index (χ0n) is 12.0. The van der Waals surface area contributed by atoms with Crippen molar-refractivity contribution in [1.82, 2.24) is 0 Å². The van der Waals surface area contributed by atoms with Crippen LogP contribution in [0, 0.1) is 5.92 Å². The predicted molar refractivity (Wildman–Crippen MR) is 80.1 cm³/mol. The summed E-state index contributed by atoms with van der Waals surface area (Å²) in [5.41, 5.74) is 5.03. The van der Waals surface area contributed by atoms with Crippen LogP contribution in [-0.2, 0) is 0 Å². The standard InChI is InChI=1S/C17H26/c1-8-11-12-14(5)15(6)16(7)17(10-3)13(4)9-2/h8,10-13H,1,7,9H2,2-6H3/b12-11-,15-14+,17-10-. The lowest BCUT2D eigenvalue weighted by atomic mass is 9.87. The monoisotopic (exact) mass is 230 g/mol. The van der Waals surface area contributed by atoms with Crippen molar-refractivity contribution >= 4 is 0 Å². The van der Waals surface area contributed by atoms with Crippen LogP contribution in [0.5, 0.6) is 0 Å². The smallest absolute Gasteiger partial charge is 0.0190 e. The molecule has 1 atom stereocenters. The average molecular weight is 230 g/mol. The van der Waals surface area contributed by atoms with E-state index in [-0.39, 0.29) is 0 Å². The van der Waals surface area contributed by atoms with E-state index in [9.17, 15) is 0 Å². The molecule has 0 aromatic carbocycles. The van der Waals surface area contributed by atoms with Gasteiger partial charge in [0.05, 0.1) is 0 Å².